The fraction of sp³-hybridized carbons (Fsp3) is 0.444. The molecule has 0 radical (unpaired) electrons. The quantitative estimate of drug-likeness (QED) is 0.307. The van der Waals surface area contributed by atoms with Gasteiger partial charge in [0, 0.05) is 37.8 Å². The number of benzene rings is 1. The predicted octanol–water partition coefficient (Wildman–Crippen LogP) is 6.21. The molecule has 3 aliphatic rings. The number of amides is 1. The standard InChI is InChI=1S/C36H42N4O5/c1-4-7-32-30(36(42)43)20-37-40(32)33-11-6-10-31(38-33)29-9-5-8-23(2)34(29)45-22-27-13-12-26-21-39(17-14-28(26)24(27)3)35(41)25-15-18-44-19-16-25/h6,9-13,20,25H,4-5,7-8,14-19,21-22H2,1-3H3,(H,42,43). The lowest BCUT2D eigenvalue weighted by Crippen LogP contribution is -2.41. The minimum absolute atomic E-state index is 0.0821. The van der Waals surface area contributed by atoms with Gasteiger partial charge in [-0.15, -0.1) is 0 Å². The van der Waals surface area contributed by atoms with Gasteiger partial charge in [0.15, 0.2) is 5.82 Å². The number of carboxylic acids is 1. The molecule has 1 N–H and O–H groups in total. The first kappa shape index (κ1) is 30.8. The van der Waals surface area contributed by atoms with Crippen molar-refractivity contribution in [1.29, 1.82) is 0 Å². The molecule has 3 aromatic rings. The second-order valence-electron chi connectivity index (χ2n) is 12.3. The fourth-order valence-corrected chi connectivity index (χ4v) is 6.80. The van der Waals surface area contributed by atoms with E-state index in [0.717, 1.165) is 67.7 Å². The molecule has 2 aliphatic heterocycles. The molecule has 1 amide bonds. The van der Waals surface area contributed by atoms with E-state index in [2.05, 4.69) is 37.2 Å². The van der Waals surface area contributed by atoms with Crippen molar-refractivity contribution in [2.45, 2.75) is 78.9 Å². The van der Waals surface area contributed by atoms with Crippen molar-refractivity contribution in [2.75, 3.05) is 19.8 Å². The molecule has 2 aromatic heterocycles. The highest BCUT2D eigenvalue weighted by atomic mass is 16.5. The average molecular weight is 611 g/mol. The third-order valence-corrected chi connectivity index (χ3v) is 9.37. The molecule has 45 heavy (non-hydrogen) atoms. The molecule has 236 valence electrons. The first-order valence-corrected chi connectivity index (χ1v) is 16.1. The van der Waals surface area contributed by atoms with Crippen molar-refractivity contribution in [3.63, 3.8) is 0 Å². The first-order chi connectivity index (χ1) is 21.9. The molecule has 4 heterocycles. The van der Waals surface area contributed by atoms with E-state index in [-0.39, 0.29) is 17.4 Å². The summed E-state index contributed by atoms with van der Waals surface area (Å²) in [4.78, 5) is 31.9. The van der Waals surface area contributed by atoms with Gasteiger partial charge in [-0.1, -0.05) is 37.6 Å². The summed E-state index contributed by atoms with van der Waals surface area (Å²) in [6.45, 7) is 9.50. The number of carboxylic acid groups (broad SMARTS) is 1. The van der Waals surface area contributed by atoms with E-state index in [0.29, 0.717) is 44.3 Å². The summed E-state index contributed by atoms with van der Waals surface area (Å²) < 4.78 is 13.7. The van der Waals surface area contributed by atoms with E-state index < -0.39 is 5.97 Å². The normalized spacial score (nSPS) is 17.2. The number of aromatic nitrogens is 3. The molecule has 9 heteroatoms. The van der Waals surface area contributed by atoms with Crippen LogP contribution >= 0.6 is 0 Å². The van der Waals surface area contributed by atoms with Crippen LogP contribution in [-0.2, 0) is 40.3 Å². The minimum atomic E-state index is -0.983. The highest BCUT2D eigenvalue weighted by molar-refractivity contribution is 5.88. The molecule has 0 atom stereocenters. The maximum atomic E-state index is 13.2. The van der Waals surface area contributed by atoms with Crippen molar-refractivity contribution in [3.05, 3.63) is 93.1 Å². The van der Waals surface area contributed by atoms with E-state index in [4.69, 9.17) is 14.5 Å². The molecule has 1 aliphatic carbocycles. The average Bonchev–Trinajstić information content (AvgIpc) is 3.49. The van der Waals surface area contributed by atoms with Gasteiger partial charge in [-0.3, -0.25) is 4.79 Å². The molecule has 0 bridgehead atoms. The Balaban J connectivity index is 1.19. The van der Waals surface area contributed by atoms with E-state index in [9.17, 15) is 14.7 Å². The molecular formula is C36H42N4O5. The number of fused-ring (bicyclic) bond motifs is 1. The molecule has 0 spiro atoms. The van der Waals surface area contributed by atoms with Gasteiger partial charge in [-0.05, 0) is 92.3 Å². The van der Waals surface area contributed by atoms with Gasteiger partial charge < -0.3 is 19.5 Å². The Labute approximate surface area is 264 Å². The second kappa shape index (κ2) is 13.4. The Kier molecular flexibility index (Phi) is 9.16. The van der Waals surface area contributed by atoms with Gasteiger partial charge in [0.2, 0.25) is 5.91 Å². The Hall–Kier alpha value is -4.24. The maximum Gasteiger partial charge on any atom is 0.339 e. The molecule has 1 saturated heterocycles. The molecule has 1 aromatic carbocycles. The number of hydrogen-bond acceptors (Lipinski definition) is 6. The number of nitrogens with zero attached hydrogens (tertiary/aromatic N) is 4. The van der Waals surface area contributed by atoms with Gasteiger partial charge in [-0.2, -0.15) is 5.10 Å². The van der Waals surface area contributed by atoms with Gasteiger partial charge in [0.05, 0.1) is 17.6 Å². The van der Waals surface area contributed by atoms with E-state index in [1.165, 1.54) is 28.5 Å². The third-order valence-electron chi connectivity index (χ3n) is 9.37. The van der Waals surface area contributed by atoms with Crippen LogP contribution in [0.4, 0.5) is 0 Å². The van der Waals surface area contributed by atoms with Crippen molar-refractivity contribution in [3.8, 4) is 5.82 Å². The van der Waals surface area contributed by atoms with Crippen molar-refractivity contribution in [2.24, 2.45) is 5.92 Å². The number of carbonyl (C=O) groups excluding carboxylic acids is 1. The van der Waals surface area contributed by atoms with E-state index in [1.54, 1.807) is 4.68 Å². The molecule has 9 nitrogen and oxygen atoms in total. The molecule has 6 rings (SSSR count). The van der Waals surface area contributed by atoms with Crippen LogP contribution in [0, 0.1) is 12.8 Å². The monoisotopic (exact) mass is 610 g/mol. The largest absolute Gasteiger partial charge is 0.488 e. The summed E-state index contributed by atoms with van der Waals surface area (Å²) >= 11 is 0. The summed E-state index contributed by atoms with van der Waals surface area (Å²) in [5.41, 5.74) is 8.69. The number of aromatic carboxylic acids is 1. The maximum absolute atomic E-state index is 13.2. The van der Waals surface area contributed by atoms with Crippen LogP contribution in [0.3, 0.4) is 0 Å². The number of ether oxygens (including phenoxy) is 2. The molecule has 0 unspecified atom stereocenters. The molecule has 0 saturated carbocycles. The van der Waals surface area contributed by atoms with Crippen LogP contribution < -0.4 is 0 Å². The fourth-order valence-electron chi connectivity index (χ4n) is 6.80. The minimum Gasteiger partial charge on any atom is -0.488 e. The van der Waals surface area contributed by atoms with Crippen molar-refractivity contribution in [1.82, 2.24) is 19.7 Å². The molecular weight excluding hydrogens is 568 g/mol. The Morgan fingerprint density at radius 2 is 1.93 bits per heavy atom. The van der Waals surface area contributed by atoms with Crippen LogP contribution in [0.25, 0.3) is 11.4 Å². The lowest BCUT2D eigenvalue weighted by atomic mass is 9.90. The van der Waals surface area contributed by atoms with E-state index >= 15 is 0 Å². The smallest absolute Gasteiger partial charge is 0.339 e. The molecule has 1 fully saturated rings. The zero-order valence-corrected chi connectivity index (χ0v) is 26.5. The highest BCUT2D eigenvalue weighted by Crippen LogP contribution is 2.35. The van der Waals surface area contributed by atoms with Crippen molar-refractivity contribution < 1.29 is 24.2 Å². The van der Waals surface area contributed by atoms with Crippen molar-refractivity contribution >= 4 is 17.4 Å². The SMILES string of the molecule is CCCc1c(C(=O)O)cnn1-c1cccc(C2=CCCC(C)=C2OCc2ccc3c(c2C)CCN(C(=O)C2CCOCC2)C3)n1. The summed E-state index contributed by atoms with van der Waals surface area (Å²) in [5.74, 6) is 0.794. The topological polar surface area (TPSA) is 107 Å². The van der Waals surface area contributed by atoms with Crippen LogP contribution in [0.15, 0.2) is 53.9 Å². The second-order valence-corrected chi connectivity index (χ2v) is 12.3. The van der Waals surface area contributed by atoms with E-state index in [1.807, 2.05) is 30.0 Å². The zero-order chi connectivity index (χ0) is 31.5. The van der Waals surface area contributed by atoms with Gasteiger partial charge in [0.1, 0.15) is 17.9 Å². The van der Waals surface area contributed by atoms with Gasteiger partial charge in [-0.25, -0.2) is 14.5 Å². The highest BCUT2D eigenvalue weighted by Gasteiger charge is 2.30. The summed E-state index contributed by atoms with van der Waals surface area (Å²) in [7, 11) is 0. The predicted molar refractivity (Wildman–Crippen MR) is 171 cm³/mol. The Bertz CT molecular complexity index is 1660. The third kappa shape index (κ3) is 6.31. The summed E-state index contributed by atoms with van der Waals surface area (Å²) in [5, 5.41) is 14.1. The number of rotatable bonds is 9. The Morgan fingerprint density at radius 1 is 1.11 bits per heavy atom. The van der Waals surface area contributed by atoms with Crippen LogP contribution in [-0.4, -0.2) is 56.4 Å². The van der Waals surface area contributed by atoms with Crippen LogP contribution in [0.1, 0.15) is 90.0 Å². The number of pyridine rings is 1. The number of carbonyl (C=O) groups is 2. The lowest BCUT2D eigenvalue weighted by molar-refractivity contribution is -0.139. The number of hydrogen-bond donors (Lipinski definition) is 1. The lowest BCUT2D eigenvalue weighted by Gasteiger charge is -2.34. The van der Waals surface area contributed by atoms with Gasteiger partial charge in [0.25, 0.3) is 0 Å². The van der Waals surface area contributed by atoms with Gasteiger partial charge >= 0.3 is 5.97 Å². The Morgan fingerprint density at radius 3 is 2.71 bits per heavy atom. The summed E-state index contributed by atoms with van der Waals surface area (Å²) in [6.07, 6.45) is 9.27. The number of allylic oxidation sites excluding steroid dienone is 3. The first-order valence-electron chi connectivity index (χ1n) is 16.1. The van der Waals surface area contributed by atoms with Crippen LogP contribution in [0.5, 0.6) is 0 Å². The summed E-state index contributed by atoms with van der Waals surface area (Å²) in [6, 6.07) is 10.1. The zero-order valence-electron chi connectivity index (χ0n) is 26.5. The van der Waals surface area contributed by atoms with Crippen LogP contribution in [0.2, 0.25) is 0 Å².